The quantitative estimate of drug-likeness (QED) is 0.243. The van der Waals surface area contributed by atoms with E-state index in [1.54, 1.807) is 25.3 Å². The second-order valence-electron chi connectivity index (χ2n) is 7.61. The fourth-order valence-electron chi connectivity index (χ4n) is 3.65. The van der Waals surface area contributed by atoms with Crippen molar-refractivity contribution in [2.75, 3.05) is 32.2 Å². The van der Waals surface area contributed by atoms with Crippen LogP contribution in [0.1, 0.15) is 31.0 Å². The van der Waals surface area contributed by atoms with Gasteiger partial charge in [0.15, 0.2) is 5.11 Å². The second kappa shape index (κ2) is 12.1. The van der Waals surface area contributed by atoms with E-state index in [2.05, 4.69) is 10.6 Å². The van der Waals surface area contributed by atoms with Crippen molar-refractivity contribution in [3.8, 4) is 0 Å². The number of hydrogen-bond donors (Lipinski definition) is 2. The Morgan fingerprint density at radius 3 is 2.47 bits per heavy atom. The first-order valence-corrected chi connectivity index (χ1v) is 11.4. The topological polar surface area (TPSA) is 79.9 Å². The molecule has 1 amide bonds. The largest absolute Gasteiger partial charge is 0.460 e. The zero-order valence-corrected chi connectivity index (χ0v) is 20.4. The maximum atomic E-state index is 12.9. The molecule has 0 aromatic heterocycles. The fourth-order valence-corrected chi connectivity index (χ4v) is 4.03. The molecule has 34 heavy (non-hydrogen) atoms. The van der Waals surface area contributed by atoms with Gasteiger partial charge in [-0.25, -0.2) is 4.79 Å². The van der Waals surface area contributed by atoms with Gasteiger partial charge < -0.3 is 25.0 Å². The first kappa shape index (κ1) is 25.1. The molecule has 0 radical (unpaired) electrons. The number of allylic oxidation sites excluding steroid dienone is 1. The summed E-state index contributed by atoms with van der Waals surface area (Å²) < 4.78 is 10.4. The molecule has 1 heterocycles. The van der Waals surface area contributed by atoms with Crippen molar-refractivity contribution >= 4 is 41.0 Å². The van der Waals surface area contributed by atoms with E-state index in [4.69, 9.17) is 21.7 Å². The lowest BCUT2D eigenvalue weighted by Gasteiger charge is -2.37. The molecule has 0 aliphatic carbocycles. The third kappa shape index (κ3) is 6.30. The molecule has 2 N–H and O–H groups in total. The van der Waals surface area contributed by atoms with Gasteiger partial charge in [0.1, 0.15) is 6.61 Å². The Labute approximate surface area is 205 Å². The van der Waals surface area contributed by atoms with E-state index in [0.717, 1.165) is 16.8 Å². The molecule has 0 saturated heterocycles. The predicted octanol–water partition coefficient (Wildman–Crippen LogP) is 4.05. The van der Waals surface area contributed by atoms with E-state index in [9.17, 15) is 9.59 Å². The minimum absolute atomic E-state index is 0.164. The van der Waals surface area contributed by atoms with Crippen LogP contribution in [0, 0.1) is 0 Å². The SMILES string of the molecule is CCN1C(=S)NC(c2ccc(NC(=O)/C=C/c3ccccc3)cc2)C(C(=O)OCCOC)=C1C. The summed E-state index contributed by atoms with van der Waals surface area (Å²) in [5, 5.41) is 6.64. The summed E-state index contributed by atoms with van der Waals surface area (Å²) >= 11 is 5.52. The molecule has 1 unspecified atom stereocenters. The summed E-state index contributed by atoms with van der Waals surface area (Å²) in [7, 11) is 1.55. The van der Waals surface area contributed by atoms with Crippen LogP contribution in [0.3, 0.4) is 0 Å². The highest BCUT2D eigenvalue weighted by molar-refractivity contribution is 7.80. The Balaban J connectivity index is 1.77. The van der Waals surface area contributed by atoms with Crippen LogP contribution in [0.15, 0.2) is 71.9 Å². The first-order valence-electron chi connectivity index (χ1n) is 11.0. The monoisotopic (exact) mass is 479 g/mol. The van der Waals surface area contributed by atoms with Crippen molar-refractivity contribution in [3.63, 3.8) is 0 Å². The van der Waals surface area contributed by atoms with E-state index >= 15 is 0 Å². The molecule has 1 atom stereocenters. The number of benzene rings is 2. The van der Waals surface area contributed by atoms with Gasteiger partial charge in [-0.1, -0.05) is 42.5 Å². The highest BCUT2D eigenvalue weighted by atomic mass is 32.1. The van der Waals surface area contributed by atoms with Crippen LogP contribution in [0.5, 0.6) is 0 Å². The van der Waals surface area contributed by atoms with Gasteiger partial charge in [0.05, 0.1) is 18.2 Å². The lowest BCUT2D eigenvalue weighted by atomic mass is 9.95. The van der Waals surface area contributed by atoms with Crippen molar-refractivity contribution in [1.82, 2.24) is 10.2 Å². The summed E-state index contributed by atoms with van der Waals surface area (Å²) in [4.78, 5) is 27.1. The number of carbonyl (C=O) groups is 2. The molecule has 178 valence electrons. The van der Waals surface area contributed by atoms with Crippen LogP contribution >= 0.6 is 12.2 Å². The van der Waals surface area contributed by atoms with Gasteiger partial charge in [-0.2, -0.15) is 0 Å². The van der Waals surface area contributed by atoms with Gasteiger partial charge in [-0.15, -0.1) is 0 Å². The third-order valence-corrected chi connectivity index (χ3v) is 5.73. The number of carbonyl (C=O) groups excluding carboxylic acids is 2. The molecule has 8 heteroatoms. The van der Waals surface area contributed by atoms with Gasteiger partial charge in [0, 0.05) is 31.1 Å². The van der Waals surface area contributed by atoms with E-state index in [1.807, 2.05) is 61.2 Å². The van der Waals surface area contributed by atoms with Gasteiger partial charge in [-0.05, 0) is 55.4 Å². The Hall–Kier alpha value is -3.49. The highest BCUT2D eigenvalue weighted by Gasteiger charge is 2.34. The second-order valence-corrected chi connectivity index (χ2v) is 8.00. The minimum Gasteiger partial charge on any atom is -0.460 e. The summed E-state index contributed by atoms with van der Waals surface area (Å²) in [5.41, 5.74) is 3.66. The summed E-state index contributed by atoms with van der Waals surface area (Å²) in [6.45, 7) is 4.94. The average molecular weight is 480 g/mol. The van der Waals surface area contributed by atoms with Crippen LogP contribution in [-0.4, -0.2) is 48.8 Å². The third-order valence-electron chi connectivity index (χ3n) is 5.39. The van der Waals surface area contributed by atoms with Gasteiger partial charge in [-0.3, -0.25) is 4.79 Å². The molecule has 1 aliphatic rings. The Bertz CT molecular complexity index is 1080. The fraction of sp³-hybridized carbons (Fsp3) is 0.269. The average Bonchev–Trinajstić information content (AvgIpc) is 2.84. The Kier molecular flexibility index (Phi) is 8.95. The molecule has 1 aliphatic heterocycles. The number of rotatable bonds is 9. The molecule has 0 spiro atoms. The van der Waals surface area contributed by atoms with Crippen LogP contribution in [0.4, 0.5) is 5.69 Å². The van der Waals surface area contributed by atoms with Crippen LogP contribution < -0.4 is 10.6 Å². The van der Waals surface area contributed by atoms with E-state index in [-0.39, 0.29) is 12.5 Å². The molecule has 0 bridgehead atoms. The lowest BCUT2D eigenvalue weighted by molar-refractivity contribution is -0.140. The van der Waals surface area contributed by atoms with Crippen molar-refractivity contribution < 1.29 is 19.1 Å². The lowest BCUT2D eigenvalue weighted by Crippen LogP contribution is -2.47. The van der Waals surface area contributed by atoms with Crippen molar-refractivity contribution in [1.29, 1.82) is 0 Å². The van der Waals surface area contributed by atoms with Crippen molar-refractivity contribution in [2.24, 2.45) is 0 Å². The predicted molar refractivity (Wildman–Crippen MR) is 137 cm³/mol. The van der Waals surface area contributed by atoms with Crippen molar-refractivity contribution in [2.45, 2.75) is 19.9 Å². The molecular formula is C26H29N3O4S. The van der Waals surface area contributed by atoms with Gasteiger partial charge in [0.25, 0.3) is 0 Å². The molecule has 2 aromatic carbocycles. The zero-order chi connectivity index (χ0) is 24.5. The number of anilines is 1. The summed E-state index contributed by atoms with van der Waals surface area (Å²) in [6, 6.07) is 16.4. The zero-order valence-electron chi connectivity index (χ0n) is 19.5. The van der Waals surface area contributed by atoms with Crippen LogP contribution in [0.25, 0.3) is 6.08 Å². The molecule has 2 aromatic rings. The number of esters is 1. The maximum Gasteiger partial charge on any atom is 0.338 e. The van der Waals surface area contributed by atoms with Gasteiger partial charge >= 0.3 is 5.97 Å². The number of methoxy groups -OCH3 is 1. The minimum atomic E-state index is -0.465. The number of amides is 1. The van der Waals surface area contributed by atoms with E-state index in [0.29, 0.717) is 29.5 Å². The number of ether oxygens (including phenoxy) is 2. The van der Waals surface area contributed by atoms with Crippen molar-refractivity contribution in [3.05, 3.63) is 83.1 Å². The smallest absolute Gasteiger partial charge is 0.338 e. The van der Waals surface area contributed by atoms with Crippen LogP contribution in [0.2, 0.25) is 0 Å². The normalized spacial score (nSPS) is 15.9. The van der Waals surface area contributed by atoms with E-state index in [1.165, 1.54) is 6.08 Å². The molecular weight excluding hydrogens is 450 g/mol. The molecule has 0 saturated carbocycles. The highest BCUT2D eigenvalue weighted by Crippen LogP contribution is 2.32. The number of thiocarbonyl (C=S) groups is 1. The summed E-state index contributed by atoms with van der Waals surface area (Å²) in [6.07, 6.45) is 3.25. The Morgan fingerprint density at radius 2 is 1.82 bits per heavy atom. The van der Waals surface area contributed by atoms with E-state index < -0.39 is 12.0 Å². The van der Waals surface area contributed by atoms with Crippen LogP contribution in [-0.2, 0) is 19.1 Å². The number of nitrogens with one attached hydrogen (secondary N) is 2. The maximum absolute atomic E-state index is 12.9. The molecule has 3 rings (SSSR count). The summed E-state index contributed by atoms with van der Waals surface area (Å²) in [5.74, 6) is -0.651. The molecule has 0 fully saturated rings. The number of hydrogen-bond acceptors (Lipinski definition) is 5. The Morgan fingerprint density at radius 1 is 1.12 bits per heavy atom. The first-order chi connectivity index (χ1) is 16.4. The molecule has 7 nitrogen and oxygen atoms in total. The van der Waals surface area contributed by atoms with Gasteiger partial charge in [0.2, 0.25) is 5.91 Å². The number of nitrogens with zero attached hydrogens (tertiary/aromatic N) is 1. The standard InChI is InChI=1S/C26H29N3O4S/c1-4-29-18(2)23(25(31)33-17-16-32-3)24(28-26(29)34)20-11-13-21(14-12-20)27-22(30)15-10-19-8-6-5-7-9-19/h5-15,24H,4,16-17H2,1-3H3,(H,27,30)(H,28,34)/b15-10+.